The van der Waals surface area contributed by atoms with E-state index in [9.17, 15) is 13.2 Å². The van der Waals surface area contributed by atoms with Crippen molar-refractivity contribution in [2.75, 3.05) is 11.9 Å². The molecule has 4 nitrogen and oxygen atoms in total. The van der Waals surface area contributed by atoms with Crippen LogP contribution in [-0.4, -0.2) is 21.5 Å². The van der Waals surface area contributed by atoms with Crippen LogP contribution in [0.3, 0.4) is 0 Å². The molecule has 1 fully saturated rings. The minimum Gasteiger partial charge on any atom is -0.384 e. The van der Waals surface area contributed by atoms with Gasteiger partial charge in [0, 0.05) is 18.5 Å². The van der Waals surface area contributed by atoms with Crippen LogP contribution < -0.4 is 5.32 Å². The van der Waals surface area contributed by atoms with E-state index < -0.39 is 11.7 Å². The van der Waals surface area contributed by atoms with Gasteiger partial charge >= 0.3 is 6.18 Å². The third kappa shape index (κ3) is 4.63. The number of anilines is 1. The maximum atomic E-state index is 13.1. The monoisotopic (exact) mass is 556 g/mol. The molecular formula is C28H28BrF3N4. The number of fused-ring (bicyclic) bond motifs is 1. The summed E-state index contributed by atoms with van der Waals surface area (Å²) in [5.41, 5.74) is 3.87. The number of rotatable bonds is 6. The number of hydrogen-bond acceptors (Lipinski definition) is 3. The Bertz CT molecular complexity index is 1370. The summed E-state index contributed by atoms with van der Waals surface area (Å²) in [4.78, 5) is 0. The summed E-state index contributed by atoms with van der Waals surface area (Å²) >= 11 is 3.71. The highest BCUT2D eigenvalue weighted by atomic mass is 79.9. The predicted molar refractivity (Wildman–Crippen MR) is 140 cm³/mol. The molecule has 1 aliphatic carbocycles. The topological polar surface area (TPSA) is 42.7 Å². The summed E-state index contributed by atoms with van der Waals surface area (Å²) in [7, 11) is 0. The standard InChI is InChI=1S/C28H28BrF3N4/c1-26(2,3)17-36-23-14-13-22(24(29)25(23)34-35-36)33-16-21-15-27(21,18-7-5-4-6-8-18)19-9-11-20(12-10-19)28(30,31)32/h4-14,21,33H,15-17H2,1-3H3/t21-,27-/m0/s1. The summed E-state index contributed by atoms with van der Waals surface area (Å²) in [5, 5.41) is 12.3. The van der Waals surface area contributed by atoms with Crippen molar-refractivity contribution in [1.29, 1.82) is 0 Å². The van der Waals surface area contributed by atoms with Crippen molar-refractivity contribution in [3.8, 4) is 0 Å². The molecule has 1 aliphatic rings. The molecule has 3 aromatic carbocycles. The fourth-order valence-corrected chi connectivity index (χ4v) is 5.64. The smallest absolute Gasteiger partial charge is 0.384 e. The fourth-order valence-electron chi connectivity index (χ4n) is 5.08. The molecule has 1 saturated carbocycles. The van der Waals surface area contributed by atoms with Crippen LogP contribution in [0.2, 0.25) is 0 Å². The van der Waals surface area contributed by atoms with Crippen molar-refractivity contribution in [2.45, 2.75) is 45.3 Å². The summed E-state index contributed by atoms with van der Waals surface area (Å²) < 4.78 is 42.2. The zero-order valence-electron chi connectivity index (χ0n) is 20.4. The van der Waals surface area contributed by atoms with E-state index in [0.717, 1.165) is 45.3 Å². The van der Waals surface area contributed by atoms with Gasteiger partial charge in [0.2, 0.25) is 0 Å². The zero-order chi connectivity index (χ0) is 25.7. The predicted octanol–water partition coefficient (Wildman–Crippen LogP) is 7.68. The van der Waals surface area contributed by atoms with Crippen LogP contribution in [0.5, 0.6) is 0 Å². The molecule has 36 heavy (non-hydrogen) atoms. The summed E-state index contributed by atoms with van der Waals surface area (Å²) in [5.74, 6) is 0.232. The van der Waals surface area contributed by atoms with Crippen LogP contribution in [0.15, 0.2) is 71.2 Å². The van der Waals surface area contributed by atoms with Crippen molar-refractivity contribution in [1.82, 2.24) is 15.0 Å². The number of alkyl halides is 3. The Kier molecular flexibility index (Phi) is 6.14. The quantitative estimate of drug-likeness (QED) is 0.265. The first kappa shape index (κ1) is 24.8. The van der Waals surface area contributed by atoms with E-state index in [0.29, 0.717) is 6.54 Å². The Hall–Kier alpha value is -2.87. The third-order valence-electron chi connectivity index (χ3n) is 6.91. The van der Waals surface area contributed by atoms with E-state index in [1.165, 1.54) is 12.1 Å². The molecule has 0 saturated heterocycles. The first-order valence-electron chi connectivity index (χ1n) is 12.0. The van der Waals surface area contributed by atoms with Crippen molar-refractivity contribution in [3.63, 3.8) is 0 Å². The number of nitrogens with one attached hydrogen (secondary N) is 1. The van der Waals surface area contributed by atoms with Crippen molar-refractivity contribution < 1.29 is 13.2 Å². The highest BCUT2D eigenvalue weighted by molar-refractivity contribution is 9.10. The van der Waals surface area contributed by atoms with Gasteiger partial charge < -0.3 is 5.32 Å². The first-order valence-corrected chi connectivity index (χ1v) is 12.8. The maximum absolute atomic E-state index is 13.1. The van der Waals surface area contributed by atoms with Gasteiger partial charge in [-0.15, -0.1) is 5.10 Å². The Balaban J connectivity index is 1.39. The second-order valence-corrected chi connectivity index (χ2v) is 11.6. The molecule has 5 rings (SSSR count). The highest BCUT2D eigenvalue weighted by Gasteiger charge is 2.56. The SMILES string of the molecule is CC(C)(C)Cn1nnc2c(Br)c(NC[C@@H]3C[C@]3(c3ccccc3)c3ccc(C(F)(F)F)cc3)ccc21. The zero-order valence-corrected chi connectivity index (χ0v) is 22.0. The van der Waals surface area contributed by atoms with E-state index in [1.807, 2.05) is 35.0 Å². The molecule has 1 heterocycles. The Morgan fingerprint density at radius 3 is 2.28 bits per heavy atom. The second-order valence-electron chi connectivity index (χ2n) is 10.8. The van der Waals surface area contributed by atoms with Gasteiger partial charge in [0.05, 0.1) is 21.2 Å². The molecule has 2 atom stereocenters. The molecule has 0 radical (unpaired) electrons. The second kappa shape index (κ2) is 8.91. The summed E-state index contributed by atoms with van der Waals surface area (Å²) in [6.45, 7) is 7.93. The lowest BCUT2D eigenvalue weighted by Crippen LogP contribution is -2.18. The lowest BCUT2D eigenvalue weighted by Gasteiger charge is -2.21. The average molecular weight is 557 g/mol. The molecular weight excluding hydrogens is 529 g/mol. The third-order valence-corrected chi connectivity index (χ3v) is 7.71. The normalized spacial score (nSPS) is 20.0. The number of halogens is 4. The maximum Gasteiger partial charge on any atom is 0.416 e. The van der Waals surface area contributed by atoms with Gasteiger partial charge in [0.1, 0.15) is 5.52 Å². The van der Waals surface area contributed by atoms with Crippen LogP contribution in [0, 0.1) is 11.3 Å². The van der Waals surface area contributed by atoms with Crippen LogP contribution in [0.1, 0.15) is 43.9 Å². The number of hydrogen-bond donors (Lipinski definition) is 1. The highest BCUT2D eigenvalue weighted by Crippen LogP contribution is 2.59. The number of aromatic nitrogens is 3. The van der Waals surface area contributed by atoms with Gasteiger partial charge in [-0.05, 0) is 69.1 Å². The van der Waals surface area contributed by atoms with Crippen LogP contribution in [0.25, 0.3) is 11.0 Å². The van der Waals surface area contributed by atoms with Gasteiger partial charge in [-0.3, -0.25) is 0 Å². The molecule has 188 valence electrons. The molecule has 1 aromatic heterocycles. The average Bonchev–Trinajstić information content (AvgIpc) is 3.43. The molecule has 0 bridgehead atoms. The van der Waals surface area contributed by atoms with E-state index in [-0.39, 0.29) is 16.7 Å². The summed E-state index contributed by atoms with van der Waals surface area (Å²) in [6.07, 6.45) is -3.49. The van der Waals surface area contributed by atoms with Gasteiger partial charge in [-0.1, -0.05) is 68.4 Å². The van der Waals surface area contributed by atoms with Gasteiger partial charge in [-0.2, -0.15) is 13.2 Å². The summed E-state index contributed by atoms with van der Waals surface area (Å²) in [6, 6.07) is 19.7. The molecule has 0 amide bonds. The van der Waals surface area contributed by atoms with Crippen LogP contribution in [0.4, 0.5) is 18.9 Å². The minimum absolute atomic E-state index is 0.0784. The molecule has 4 aromatic rings. The van der Waals surface area contributed by atoms with E-state index in [1.54, 1.807) is 12.1 Å². The van der Waals surface area contributed by atoms with Crippen molar-refractivity contribution >= 4 is 32.7 Å². The van der Waals surface area contributed by atoms with Crippen LogP contribution >= 0.6 is 15.9 Å². The van der Waals surface area contributed by atoms with Gasteiger partial charge in [0.15, 0.2) is 0 Å². The van der Waals surface area contributed by atoms with Crippen molar-refractivity contribution in [3.05, 3.63) is 87.9 Å². The van der Waals surface area contributed by atoms with E-state index in [2.05, 4.69) is 64.5 Å². The molecule has 1 N–H and O–H groups in total. The molecule has 0 spiro atoms. The Morgan fingerprint density at radius 1 is 0.972 bits per heavy atom. The number of nitrogens with zero attached hydrogens (tertiary/aromatic N) is 3. The van der Waals surface area contributed by atoms with E-state index >= 15 is 0 Å². The van der Waals surface area contributed by atoms with Crippen molar-refractivity contribution in [2.24, 2.45) is 11.3 Å². The Morgan fingerprint density at radius 2 is 1.64 bits per heavy atom. The number of benzene rings is 3. The molecule has 0 unspecified atom stereocenters. The first-order chi connectivity index (χ1) is 17.0. The largest absolute Gasteiger partial charge is 0.416 e. The lowest BCUT2D eigenvalue weighted by molar-refractivity contribution is -0.137. The Labute approximate surface area is 217 Å². The van der Waals surface area contributed by atoms with E-state index in [4.69, 9.17) is 0 Å². The van der Waals surface area contributed by atoms with Gasteiger partial charge in [-0.25, -0.2) is 4.68 Å². The van der Waals surface area contributed by atoms with Gasteiger partial charge in [0.25, 0.3) is 0 Å². The lowest BCUT2D eigenvalue weighted by atomic mass is 9.85. The van der Waals surface area contributed by atoms with Crippen LogP contribution in [-0.2, 0) is 18.1 Å². The fraction of sp³-hybridized carbons (Fsp3) is 0.357. The minimum atomic E-state index is -4.34. The molecule has 8 heteroatoms. The molecule has 0 aliphatic heterocycles.